The number of aliphatic hydroxyl groups excluding tert-OH is 1. The number of carbonyl (C=O) groups excluding carboxylic acids is 1. The molecule has 3 rings (SSSR count). The highest BCUT2D eigenvalue weighted by molar-refractivity contribution is 6.30. The lowest BCUT2D eigenvalue weighted by Gasteiger charge is -2.25. The van der Waals surface area contributed by atoms with E-state index < -0.39 is 6.10 Å². The van der Waals surface area contributed by atoms with E-state index >= 15 is 0 Å². The first-order valence-corrected chi connectivity index (χ1v) is 8.82. The number of aliphatic hydroxyl groups is 1. The highest BCUT2D eigenvalue weighted by Crippen LogP contribution is 2.22. The number of pyridine rings is 1. The Labute approximate surface area is 152 Å². The Kier molecular flexibility index (Phi) is 5.56. The third-order valence-corrected chi connectivity index (χ3v) is 4.69. The number of aryl methyl sites for hydroxylation is 1. The summed E-state index contributed by atoms with van der Waals surface area (Å²) < 4.78 is 0. The summed E-state index contributed by atoms with van der Waals surface area (Å²) >= 11 is 5.96. The fourth-order valence-corrected chi connectivity index (χ4v) is 3.31. The topological polar surface area (TPSA) is 56.7 Å². The SMILES string of the molecule is Cc1cc(N2CCCN(C(=O)C(O)c3cccc(Cl)c3)CC2)ccn1. The second-order valence-corrected chi connectivity index (χ2v) is 6.72. The van der Waals surface area contributed by atoms with Crippen molar-refractivity contribution < 1.29 is 9.90 Å². The Hall–Kier alpha value is -2.11. The van der Waals surface area contributed by atoms with E-state index in [1.807, 2.05) is 13.0 Å². The number of halogens is 1. The molecular formula is C19H22ClN3O2. The lowest BCUT2D eigenvalue weighted by molar-refractivity contribution is -0.140. The molecule has 1 unspecified atom stereocenters. The van der Waals surface area contributed by atoms with Crippen LogP contribution in [-0.4, -0.2) is 47.1 Å². The summed E-state index contributed by atoms with van der Waals surface area (Å²) in [7, 11) is 0. The van der Waals surface area contributed by atoms with Crippen LogP contribution in [-0.2, 0) is 4.79 Å². The monoisotopic (exact) mass is 359 g/mol. The normalized spacial score (nSPS) is 16.4. The lowest BCUT2D eigenvalue weighted by atomic mass is 10.1. The van der Waals surface area contributed by atoms with Crippen LogP contribution in [0.2, 0.25) is 5.02 Å². The van der Waals surface area contributed by atoms with Crippen molar-refractivity contribution >= 4 is 23.2 Å². The van der Waals surface area contributed by atoms with Crippen molar-refractivity contribution in [2.45, 2.75) is 19.4 Å². The summed E-state index contributed by atoms with van der Waals surface area (Å²) in [6.07, 6.45) is 1.49. The van der Waals surface area contributed by atoms with Gasteiger partial charge in [0.1, 0.15) is 0 Å². The number of amides is 1. The largest absolute Gasteiger partial charge is 0.378 e. The van der Waals surface area contributed by atoms with Crippen LogP contribution in [0.3, 0.4) is 0 Å². The quantitative estimate of drug-likeness (QED) is 0.915. The zero-order valence-electron chi connectivity index (χ0n) is 14.2. The van der Waals surface area contributed by atoms with Crippen molar-refractivity contribution in [1.82, 2.24) is 9.88 Å². The predicted octanol–water partition coefficient (Wildman–Crippen LogP) is 2.82. The Morgan fingerprint density at radius 2 is 2.04 bits per heavy atom. The fourth-order valence-electron chi connectivity index (χ4n) is 3.12. The third-order valence-electron chi connectivity index (χ3n) is 4.45. The molecule has 0 bridgehead atoms. The molecule has 1 aliphatic heterocycles. The Balaban J connectivity index is 1.67. The number of rotatable bonds is 3. The smallest absolute Gasteiger partial charge is 0.256 e. The molecule has 1 atom stereocenters. The van der Waals surface area contributed by atoms with Gasteiger partial charge in [-0.25, -0.2) is 0 Å². The number of benzene rings is 1. The van der Waals surface area contributed by atoms with Crippen LogP contribution in [0.15, 0.2) is 42.6 Å². The standard InChI is InChI=1S/C19H22ClN3O2/c1-14-12-17(6-7-21-14)22-8-3-9-23(11-10-22)19(25)18(24)15-4-2-5-16(20)13-15/h2,4-7,12-13,18,24H,3,8-11H2,1H3. The van der Waals surface area contributed by atoms with E-state index in [1.54, 1.807) is 35.4 Å². The van der Waals surface area contributed by atoms with E-state index in [-0.39, 0.29) is 5.91 Å². The van der Waals surface area contributed by atoms with Crippen LogP contribution in [0.4, 0.5) is 5.69 Å². The molecule has 0 aliphatic carbocycles. The van der Waals surface area contributed by atoms with Crippen LogP contribution in [0.25, 0.3) is 0 Å². The number of anilines is 1. The number of hydrogen-bond acceptors (Lipinski definition) is 4. The van der Waals surface area contributed by atoms with Crippen LogP contribution >= 0.6 is 11.6 Å². The summed E-state index contributed by atoms with van der Waals surface area (Å²) in [6, 6.07) is 10.9. The van der Waals surface area contributed by atoms with Crippen molar-refractivity contribution in [3.05, 3.63) is 58.9 Å². The van der Waals surface area contributed by atoms with E-state index in [0.717, 1.165) is 30.9 Å². The first-order chi connectivity index (χ1) is 12.0. The second kappa shape index (κ2) is 7.85. The van der Waals surface area contributed by atoms with Gasteiger partial charge in [0.2, 0.25) is 0 Å². The molecule has 1 aromatic carbocycles. The number of carbonyl (C=O) groups is 1. The number of nitrogens with zero attached hydrogens (tertiary/aromatic N) is 3. The molecule has 0 saturated carbocycles. The van der Waals surface area contributed by atoms with Gasteiger partial charge in [0.15, 0.2) is 6.10 Å². The highest BCUT2D eigenvalue weighted by atomic mass is 35.5. The zero-order valence-corrected chi connectivity index (χ0v) is 15.0. The van der Waals surface area contributed by atoms with E-state index in [4.69, 9.17) is 11.6 Å². The maximum absolute atomic E-state index is 12.7. The number of hydrogen-bond donors (Lipinski definition) is 1. The minimum atomic E-state index is -1.17. The van der Waals surface area contributed by atoms with Gasteiger partial charge in [0.05, 0.1) is 0 Å². The van der Waals surface area contributed by atoms with Crippen molar-refractivity contribution in [3.8, 4) is 0 Å². The highest BCUT2D eigenvalue weighted by Gasteiger charge is 2.26. The molecule has 1 aliphatic rings. The summed E-state index contributed by atoms with van der Waals surface area (Å²) in [5.41, 5.74) is 2.63. The van der Waals surface area contributed by atoms with Crippen LogP contribution in [0, 0.1) is 6.92 Å². The van der Waals surface area contributed by atoms with Gasteiger partial charge in [-0.3, -0.25) is 9.78 Å². The van der Waals surface area contributed by atoms with E-state index in [1.165, 1.54) is 0 Å². The van der Waals surface area contributed by atoms with E-state index in [0.29, 0.717) is 23.7 Å². The van der Waals surface area contributed by atoms with Gasteiger partial charge in [0, 0.05) is 48.8 Å². The first kappa shape index (κ1) is 17.7. The minimum absolute atomic E-state index is 0.268. The van der Waals surface area contributed by atoms with E-state index in [9.17, 15) is 9.90 Å². The van der Waals surface area contributed by atoms with Crippen molar-refractivity contribution in [2.75, 3.05) is 31.1 Å². The van der Waals surface area contributed by atoms with Gasteiger partial charge in [0.25, 0.3) is 5.91 Å². The van der Waals surface area contributed by atoms with Gasteiger partial charge >= 0.3 is 0 Å². The van der Waals surface area contributed by atoms with Gasteiger partial charge in [-0.2, -0.15) is 0 Å². The van der Waals surface area contributed by atoms with Crippen LogP contribution < -0.4 is 4.90 Å². The van der Waals surface area contributed by atoms with Gasteiger partial charge < -0.3 is 14.9 Å². The van der Waals surface area contributed by atoms with Gasteiger partial charge in [-0.15, -0.1) is 0 Å². The molecule has 132 valence electrons. The molecule has 1 fully saturated rings. The molecule has 1 aromatic heterocycles. The summed E-state index contributed by atoms with van der Waals surface area (Å²) in [4.78, 5) is 20.9. The molecule has 1 N–H and O–H groups in total. The van der Waals surface area contributed by atoms with Crippen LogP contribution in [0.1, 0.15) is 23.8 Å². The minimum Gasteiger partial charge on any atom is -0.378 e. The maximum atomic E-state index is 12.7. The molecule has 0 radical (unpaired) electrons. The maximum Gasteiger partial charge on any atom is 0.256 e. The Bertz CT molecular complexity index is 753. The molecule has 0 spiro atoms. The molecule has 1 amide bonds. The average Bonchev–Trinajstić information content (AvgIpc) is 2.86. The Morgan fingerprint density at radius 3 is 2.80 bits per heavy atom. The molecule has 2 heterocycles. The fraction of sp³-hybridized carbons (Fsp3) is 0.368. The van der Waals surface area contributed by atoms with Gasteiger partial charge in [-0.05, 0) is 43.2 Å². The molecule has 25 heavy (non-hydrogen) atoms. The summed E-state index contributed by atoms with van der Waals surface area (Å²) in [5, 5.41) is 10.9. The number of aromatic nitrogens is 1. The summed E-state index contributed by atoms with van der Waals surface area (Å²) in [6.45, 7) is 4.80. The molecule has 2 aromatic rings. The average molecular weight is 360 g/mol. The lowest BCUT2D eigenvalue weighted by Crippen LogP contribution is -2.38. The molecular weight excluding hydrogens is 338 g/mol. The summed E-state index contributed by atoms with van der Waals surface area (Å²) in [5.74, 6) is -0.268. The first-order valence-electron chi connectivity index (χ1n) is 8.44. The molecule has 6 heteroatoms. The van der Waals surface area contributed by atoms with Crippen LogP contribution in [0.5, 0.6) is 0 Å². The molecule has 5 nitrogen and oxygen atoms in total. The second-order valence-electron chi connectivity index (χ2n) is 6.28. The van der Waals surface area contributed by atoms with E-state index in [2.05, 4.69) is 16.0 Å². The van der Waals surface area contributed by atoms with Gasteiger partial charge in [-0.1, -0.05) is 23.7 Å². The molecule has 1 saturated heterocycles. The zero-order chi connectivity index (χ0) is 17.8. The van der Waals surface area contributed by atoms with Crippen molar-refractivity contribution in [2.24, 2.45) is 0 Å². The Morgan fingerprint density at radius 1 is 1.20 bits per heavy atom. The predicted molar refractivity (Wildman–Crippen MR) is 98.8 cm³/mol. The van der Waals surface area contributed by atoms with Crippen molar-refractivity contribution in [1.29, 1.82) is 0 Å². The third kappa shape index (κ3) is 4.30. The van der Waals surface area contributed by atoms with Crippen molar-refractivity contribution in [3.63, 3.8) is 0 Å².